The summed E-state index contributed by atoms with van der Waals surface area (Å²) in [6, 6.07) is 0. The first-order chi connectivity index (χ1) is 18.6. The van der Waals surface area contributed by atoms with Crippen LogP contribution in [0, 0.1) is 0 Å². The van der Waals surface area contributed by atoms with E-state index in [0.717, 1.165) is 63.5 Å². The molecule has 10 nitrogen and oxygen atoms in total. The van der Waals surface area contributed by atoms with E-state index < -0.39 is 0 Å². The standard InChI is InChI=1S/C9H17NO.C8H16N2O.C7H14N2O.C7H13NO/c1-9(2,3)10-6-4-8(11)5-7-10;1-8(2,3)10-5-7(6-10)9-11-4;1-7(2,3)9-4-6(5-9)8-10;1-7(2,3)8-4-6(9)5-8/h4-7H2,1-3H3;5-6H2,1-4H3;10H,4-5H2,1-3H3;4-5H2,1-3H3. The maximum Gasteiger partial charge on any atom is 0.160 e. The second-order valence-corrected chi connectivity index (χ2v) is 15.3. The normalized spacial score (nSPS) is 21.0. The number of hydrogen-bond acceptors (Lipinski definition) is 10. The number of rotatable bonds is 1. The summed E-state index contributed by atoms with van der Waals surface area (Å²) < 4.78 is 0. The predicted molar refractivity (Wildman–Crippen MR) is 168 cm³/mol. The van der Waals surface area contributed by atoms with Crippen molar-refractivity contribution in [3.63, 3.8) is 0 Å². The molecule has 0 aromatic rings. The van der Waals surface area contributed by atoms with Crippen LogP contribution in [0.25, 0.3) is 0 Å². The van der Waals surface area contributed by atoms with Crippen LogP contribution >= 0.6 is 0 Å². The number of carbonyl (C=O) groups is 2. The van der Waals surface area contributed by atoms with Crippen LogP contribution in [0.1, 0.15) is 95.9 Å². The first kappa shape index (κ1) is 37.1. The number of Topliss-reactive ketones (excluding diaryl/α,β-unsaturated/α-hetero) is 2. The lowest BCUT2D eigenvalue weighted by Gasteiger charge is -2.42. The van der Waals surface area contributed by atoms with Gasteiger partial charge in [0, 0.05) is 74.3 Å². The molecule has 0 radical (unpaired) electrons. The molecule has 0 atom stereocenters. The van der Waals surface area contributed by atoms with E-state index in [2.05, 4.69) is 118 Å². The maximum atomic E-state index is 10.9. The van der Waals surface area contributed by atoms with Gasteiger partial charge in [0.05, 0.1) is 24.5 Å². The van der Waals surface area contributed by atoms with E-state index in [1.807, 2.05) is 0 Å². The maximum absolute atomic E-state index is 10.9. The van der Waals surface area contributed by atoms with Gasteiger partial charge in [0.15, 0.2) is 5.78 Å². The zero-order chi connectivity index (χ0) is 31.8. The third-order valence-corrected chi connectivity index (χ3v) is 7.71. The molecule has 4 saturated heterocycles. The summed E-state index contributed by atoms with van der Waals surface area (Å²) in [5.74, 6) is 0.787. The molecular weight excluding hydrogens is 520 g/mol. The highest BCUT2D eigenvalue weighted by Crippen LogP contribution is 2.20. The number of hydrogen-bond donors (Lipinski definition) is 1. The van der Waals surface area contributed by atoms with Crippen molar-refractivity contribution in [3.05, 3.63) is 0 Å². The number of piperidine rings is 1. The van der Waals surface area contributed by atoms with Gasteiger partial charge in [-0.25, -0.2) is 0 Å². The quantitative estimate of drug-likeness (QED) is 0.365. The lowest BCUT2D eigenvalue weighted by molar-refractivity contribution is -0.133. The van der Waals surface area contributed by atoms with E-state index in [4.69, 9.17) is 5.21 Å². The Morgan fingerprint density at radius 2 is 0.902 bits per heavy atom. The van der Waals surface area contributed by atoms with Gasteiger partial charge in [-0.05, 0) is 83.1 Å². The van der Waals surface area contributed by atoms with E-state index in [-0.39, 0.29) is 22.2 Å². The smallest absolute Gasteiger partial charge is 0.160 e. The molecule has 10 heteroatoms. The van der Waals surface area contributed by atoms with Gasteiger partial charge in [-0.15, -0.1) is 0 Å². The molecule has 0 bridgehead atoms. The van der Waals surface area contributed by atoms with E-state index in [9.17, 15) is 9.59 Å². The molecular formula is C31H60N6O4. The van der Waals surface area contributed by atoms with E-state index in [1.165, 1.54) is 0 Å². The summed E-state index contributed by atoms with van der Waals surface area (Å²) in [5, 5.41) is 15.3. The molecule has 4 aliphatic heterocycles. The number of likely N-dealkylation sites (tertiary alicyclic amines) is 4. The number of nitrogens with zero attached hydrogens (tertiary/aromatic N) is 6. The van der Waals surface area contributed by atoms with Gasteiger partial charge < -0.3 is 10.0 Å². The Balaban J connectivity index is 0.000000274. The van der Waals surface area contributed by atoms with E-state index >= 15 is 0 Å². The molecule has 4 fully saturated rings. The van der Waals surface area contributed by atoms with Gasteiger partial charge in [0.1, 0.15) is 12.9 Å². The molecule has 4 aliphatic rings. The van der Waals surface area contributed by atoms with E-state index in [0.29, 0.717) is 24.7 Å². The molecule has 4 heterocycles. The highest BCUT2D eigenvalue weighted by Gasteiger charge is 2.33. The first-order valence-electron chi connectivity index (χ1n) is 14.9. The van der Waals surface area contributed by atoms with Crippen molar-refractivity contribution >= 4 is 23.0 Å². The Morgan fingerprint density at radius 1 is 0.561 bits per heavy atom. The van der Waals surface area contributed by atoms with Crippen molar-refractivity contribution in [3.8, 4) is 0 Å². The summed E-state index contributed by atoms with van der Waals surface area (Å²) in [6.45, 7) is 32.8. The molecule has 41 heavy (non-hydrogen) atoms. The third kappa shape index (κ3) is 13.3. The zero-order valence-corrected chi connectivity index (χ0v) is 28.4. The van der Waals surface area contributed by atoms with Crippen LogP contribution in [0.2, 0.25) is 0 Å². The highest BCUT2D eigenvalue weighted by molar-refractivity contribution is 5.93. The number of oxime groups is 2. The first-order valence-corrected chi connectivity index (χ1v) is 14.9. The van der Waals surface area contributed by atoms with Crippen LogP contribution < -0.4 is 0 Å². The van der Waals surface area contributed by atoms with E-state index in [1.54, 1.807) is 7.11 Å². The fourth-order valence-electron chi connectivity index (χ4n) is 4.27. The monoisotopic (exact) mass is 580 g/mol. The molecule has 0 aromatic heterocycles. The number of ketones is 2. The summed E-state index contributed by atoms with van der Waals surface area (Å²) >= 11 is 0. The van der Waals surface area contributed by atoms with Gasteiger partial charge in [0.2, 0.25) is 0 Å². The van der Waals surface area contributed by atoms with Gasteiger partial charge in [-0.3, -0.25) is 29.2 Å². The van der Waals surface area contributed by atoms with Crippen molar-refractivity contribution < 1.29 is 19.6 Å². The van der Waals surface area contributed by atoms with Crippen LogP contribution in [0.15, 0.2) is 10.3 Å². The minimum atomic E-state index is 0.188. The minimum absolute atomic E-state index is 0.188. The fourth-order valence-corrected chi connectivity index (χ4v) is 4.27. The molecule has 4 rings (SSSR count). The van der Waals surface area contributed by atoms with Crippen LogP contribution in [0.3, 0.4) is 0 Å². The predicted octanol–water partition coefficient (Wildman–Crippen LogP) is 4.15. The lowest BCUT2D eigenvalue weighted by Crippen LogP contribution is -2.56. The topological polar surface area (TPSA) is 101 Å². The molecule has 0 saturated carbocycles. The fraction of sp³-hybridized carbons (Fsp3) is 0.871. The largest absolute Gasteiger partial charge is 0.411 e. The molecule has 1 N–H and O–H groups in total. The van der Waals surface area contributed by atoms with Crippen molar-refractivity contribution in [2.75, 3.05) is 59.5 Å². The van der Waals surface area contributed by atoms with Crippen LogP contribution in [-0.2, 0) is 14.4 Å². The minimum Gasteiger partial charge on any atom is -0.411 e. The van der Waals surface area contributed by atoms with Crippen molar-refractivity contribution in [2.45, 2.75) is 118 Å². The van der Waals surface area contributed by atoms with Crippen LogP contribution in [-0.4, -0.2) is 129 Å². The summed E-state index contributed by atoms with van der Waals surface area (Å²) in [6.07, 6.45) is 1.49. The van der Waals surface area contributed by atoms with Gasteiger partial charge in [-0.1, -0.05) is 10.3 Å². The Kier molecular flexibility index (Phi) is 13.6. The second-order valence-electron chi connectivity index (χ2n) is 15.3. The Bertz CT molecular complexity index is 885. The van der Waals surface area contributed by atoms with Gasteiger partial charge in [-0.2, -0.15) is 0 Å². The van der Waals surface area contributed by atoms with Crippen molar-refractivity contribution in [1.82, 2.24) is 19.6 Å². The third-order valence-electron chi connectivity index (χ3n) is 7.71. The molecule has 0 amide bonds. The van der Waals surface area contributed by atoms with Crippen LogP contribution in [0.5, 0.6) is 0 Å². The average Bonchev–Trinajstić information content (AvgIpc) is 2.71. The SMILES string of the molecule is CC(C)(C)N1CC(=NO)C1.CC(C)(C)N1CC(=O)C1.CC(C)(C)N1CCC(=O)CC1.CON=C1CN(C(C)(C)C)C1. The lowest BCUT2D eigenvalue weighted by atomic mass is 10.00. The van der Waals surface area contributed by atoms with Gasteiger partial charge >= 0.3 is 0 Å². The molecule has 0 aliphatic carbocycles. The average molecular weight is 581 g/mol. The Hall–Kier alpha value is -1.88. The van der Waals surface area contributed by atoms with Crippen LogP contribution in [0.4, 0.5) is 0 Å². The summed E-state index contributed by atoms with van der Waals surface area (Å²) in [7, 11) is 1.59. The molecule has 0 aromatic carbocycles. The van der Waals surface area contributed by atoms with Crippen molar-refractivity contribution in [2.24, 2.45) is 10.3 Å². The van der Waals surface area contributed by atoms with Crippen molar-refractivity contribution in [1.29, 1.82) is 0 Å². The summed E-state index contributed by atoms with van der Waals surface area (Å²) in [4.78, 5) is 35.2. The molecule has 0 spiro atoms. The molecule has 238 valence electrons. The Labute approximate surface area is 250 Å². The zero-order valence-electron chi connectivity index (χ0n) is 28.4. The second kappa shape index (κ2) is 15.0. The Morgan fingerprint density at radius 3 is 1.17 bits per heavy atom. The van der Waals surface area contributed by atoms with Gasteiger partial charge in [0.25, 0.3) is 0 Å². The summed E-state index contributed by atoms with van der Waals surface area (Å²) in [5.41, 5.74) is 2.94. The highest BCUT2D eigenvalue weighted by atomic mass is 16.6. The molecule has 0 unspecified atom stereocenters. The number of carbonyl (C=O) groups excluding carboxylic acids is 2.